The molecule has 0 heterocycles. The lowest BCUT2D eigenvalue weighted by molar-refractivity contribution is 0.112. The van der Waals surface area contributed by atoms with Crippen LogP contribution in [0.5, 0.6) is 5.75 Å². The molecule has 0 bridgehead atoms. The van der Waals surface area contributed by atoms with Gasteiger partial charge < -0.3 is 4.74 Å². The van der Waals surface area contributed by atoms with Crippen molar-refractivity contribution < 1.29 is 9.53 Å². The maximum absolute atomic E-state index is 10.9. The molecule has 0 aliphatic carbocycles. The second-order valence-corrected chi connectivity index (χ2v) is 6.15. The van der Waals surface area contributed by atoms with E-state index in [0.717, 1.165) is 30.6 Å². The third-order valence-corrected chi connectivity index (χ3v) is 2.90. The quantitative estimate of drug-likeness (QED) is 0.729. The average Bonchev–Trinajstić information content (AvgIpc) is 2.27. The van der Waals surface area contributed by atoms with Gasteiger partial charge in [0, 0.05) is 11.1 Å². The number of hydrogen-bond donors (Lipinski definition) is 0. The zero-order valence-corrected chi connectivity index (χ0v) is 12.1. The molecular weight excluding hydrogens is 224 g/mol. The van der Waals surface area contributed by atoms with E-state index in [0.29, 0.717) is 11.5 Å². The summed E-state index contributed by atoms with van der Waals surface area (Å²) in [6.45, 7) is 11.5. The van der Waals surface area contributed by atoms with E-state index in [1.54, 1.807) is 0 Å². The van der Waals surface area contributed by atoms with Gasteiger partial charge in [-0.15, -0.1) is 0 Å². The van der Waals surface area contributed by atoms with Gasteiger partial charge in [-0.2, -0.15) is 0 Å². The molecule has 0 fully saturated rings. The number of carbonyl (C=O) groups excluding carboxylic acids is 1. The van der Waals surface area contributed by atoms with Gasteiger partial charge in [0.1, 0.15) is 12.0 Å². The van der Waals surface area contributed by atoms with Crippen molar-refractivity contribution in [2.24, 2.45) is 5.92 Å². The highest BCUT2D eigenvalue weighted by Gasteiger charge is 2.19. The lowest BCUT2D eigenvalue weighted by Crippen LogP contribution is -2.14. The van der Waals surface area contributed by atoms with Crippen molar-refractivity contribution in [3.05, 3.63) is 29.3 Å². The molecule has 2 heteroatoms. The first-order chi connectivity index (χ1) is 8.34. The fraction of sp³-hybridized carbons (Fsp3) is 0.562. The van der Waals surface area contributed by atoms with Crippen LogP contribution in [0.1, 0.15) is 57.0 Å². The second-order valence-electron chi connectivity index (χ2n) is 6.15. The number of rotatable bonds is 5. The average molecular weight is 248 g/mol. The predicted octanol–water partition coefficient (Wildman–Crippen LogP) is 4.22. The molecule has 1 aromatic rings. The summed E-state index contributed by atoms with van der Waals surface area (Å²) in [5.41, 5.74) is 1.78. The SMILES string of the molecule is CC(C)CCOc1ccc(C=O)cc1C(C)(C)C. The van der Waals surface area contributed by atoms with Crippen molar-refractivity contribution in [1.82, 2.24) is 0 Å². The van der Waals surface area contributed by atoms with Crippen LogP contribution in [0.25, 0.3) is 0 Å². The van der Waals surface area contributed by atoms with Crippen molar-refractivity contribution in [3.8, 4) is 5.75 Å². The van der Waals surface area contributed by atoms with Gasteiger partial charge in [0.05, 0.1) is 6.61 Å². The van der Waals surface area contributed by atoms with Gasteiger partial charge in [0.15, 0.2) is 0 Å². The van der Waals surface area contributed by atoms with Crippen LogP contribution in [-0.4, -0.2) is 12.9 Å². The molecule has 0 aliphatic heterocycles. The minimum Gasteiger partial charge on any atom is -0.493 e. The Morgan fingerprint density at radius 2 is 1.94 bits per heavy atom. The number of carbonyl (C=O) groups is 1. The van der Waals surface area contributed by atoms with Crippen LogP contribution in [0.3, 0.4) is 0 Å². The lowest BCUT2D eigenvalue weighted by Gasteiger charge is -2.23. The summed E-state index contributed by atoms with van der Waals surface area (Å²) >= 11 is 0. The van der Waals surface area contributed by atoms with E-state index in [-0.39, 0.29) is 5.41 Å². The third-order valence-electron chi connectivity index (χ3n) is 2.90. The Kier molecular flexibility index (Phi) is 4.94. The summed E-state index contributed by atoms with van der Waals surface area (Å²) in [4.78, 5) is 10.9. The molecule has 1 aromatic carbocycles. The maximum atomic E-state index is 10.9. The summed E-state index contributed by atoms with van der Waals surface area (Å²) in [5.74, 6) is 1.53. The van der Waals surface area contributed by atoms with Gasteiger partial charge in [0.25, 0.3) is 0 Å². The minimum absolute atomic E-state index is 0.0216. The summed E-state index contributed by atoms with van der Waals surface area (Å²) in [5, 5.41) is 0. The Hall–Kier alpha value is -1.31. The lowest BCUT2D eigenvalue weighted by atomic mass is 9.85. The Morgan fingerprint density at radius 3 is 2.44 bits per heavy atom. The summed E-state index contributed by atoms with van der Waals surface area (Å²) < 4.78 is 5.86. The summed E-state index contributed by atoms with van der Waals surface area (Å²) in [6, 6.07) is 5.65. The molecule has 18 heavy (non-hydrogen) atoms. The van der Waals surface area contributed by atoms with Crippen molar-refractivity contribution in [2.45, 2.75) is 46.5 Å². The van der Waals surface area contributed by atoms with Crippen LogP contribution in [0.2, 0.25) is 0 Å². The molecule has 0 atom stereocenters. The van der Waals surface area contributed by atoms with Crippen LogP contribution in [0.4, 0.5) is 0 Å². The molecule has 0 saturated heterocycles. The number of hydrogen-bond acceptors (Lipinski definition) is 2. The first-order valence-corrected chi connectivity index (χ1v) is 6.57. The van der Waals surface area contributed by atoms with Crippen molar-refractivity contribution in [2.75, 3.05) is 6.61 Å². The third kappa shape index (κ3) is 4.17. The molecule has 0 unspecified atom stereocenters. The highest BCUT2D eigenvalue weighted by molar-refractivity contribution is 5.75. The van der Waals surface area contributed by atoms with Crippen LogP contribution >= 0.6 is 0 Å². The first-order valence-electron chi connectivity index (χ1n) is 6.57. The first kappa shape index (κ1) is 14.7. The fourth-order valence-electron chi connectivity index (χ4n) is 1.74. The van der Waals surface area contributed by atoms with Gasteiger partial charge in [-0.3, -0.25) is 4.79 Å². The van der Waals surface area contributed by atoms with Crippen LogP contribution in [0.15, 0.2) is 18.2 Å². The van der Waals surface area contributed by atoms with Crippen molar-refractivity contribution >= 4 is 6.29 Å². The highest BCUT2D eigenvalue weighted by Crippen LogP contribution is 2.32. The zero-order valence-electron chi connectivity index (χ0n) is 12.1. The normalized spacial score (nSPS) is 11.7. The predicted molar refractivity (Wildman–Crippen MR) is 75.5 cm³/mol. The summed E-state index contributed by atoms with van der Waals surface area (Å²) in [7, 11) is 0. The monoisotopic (exact) mass is 248 g/mol. The molecule has 0 aromatic heterocycles. The van der Waals surface area contributed by atoms with Crippen molar-refractivity contribution in [3.63, 3.8) is 0 Å². The standard InChI is InChI=1S/C16H24O2/c1-12(2)8-9-18-15-7-6-13(11-17)10-14(15)16(3,4)5/h6-7,10-12H,8-9H2,1-5H3. The molecule has 0 aliphatic rings. The number of benzene rings is 1. The van der Waals surface area contributed by atoms with E-state index < -0.39 is 0 Å². The fourth-order valence-corrected chi connectivity index (χ4v) is 1.74. The highest BCUT2D eigenvalue weighted by atomic mass is 16.5. The van der Waals surface area contributed by atoms with Gasteiger partial charge in [-0.05, 0) is 36.0 Å². The van der Waals surface area contributed by atoms with Gasteiger partial charge in [-0.25, -0.2) is 0 Å². The van der Waals surface area contributed by atoms with E-state index in [2.05, 4.69) is 34.6 Å². The smallest absolute Gasteiger partial charge is 0.150 e. The second kappa shape index (κ2) is 6.03. The molecule has 0 saturated carbocycles. The molecule has 1 rings (SSSR count). The maximum Gasteiger partial charge on any atom is 0.150 e. The van der Waals surface area contributed by atoms with E-state index in [1.165, 1.54) is 0 Å². The molecule has 2 nitrogen and oxygen atoms in total. The Balaban J connectivity index is 2.92. The zero-order chi connectivity index (χ0) is 13.8. The minimum atomic E-state index is -0.0216. The van der Waals surface area contributed by atoms with Crippen LogP contribution in [-0.2, 0) is 5.41 Å². The van der Waals surface area contributed by atoms with Gasteiger partial charge in [0.2, 0.25) is 0 Å². The Morgan fingerprint density at radius 1 is 1.28 bits per heavy atom. The van der Waals surface area contributed by atoms with E-state index in [9.17, 15) is 4.79 Å². The van der Waals surface area contributed by atoms with E-state index in [4.69, 9.17) is 4.74 Å². The molecule has 0 N–H and O–H groups in total. The molecule has 0 amide bonds. The molecule has 0 spiro atoms. The Bertz CT molecular complexity index is 400. The van der Waals surface area contributed by atoms with Crippen LogP contribution in [0, 0.1) is 5.92 Å². The molecule has 0 radical (unpaired) electrons. The van der Waals surface area contributed by atoms with Crippen molar-refractivity contribution in [1.29, 1.82) is 0 Å². The topological polar surface area (TPSA) is 26.3 Å². The number of aldehydes is 1. The number of ether oxygens (including phenoxy) is 1. The van der Waals surface area contributed by atoms with Gasteiger partial charge >= 0.3 is 0 Å². The molecule has 100 valence electrons. The summed E-state index contributed by atoms with van der Waals surface area (Å²) in [6.07, 6.45) is 1.92. The molecular formula is C16H24O2. The van der Waals surface area contributed by atoms with Gasteiger partial charge in [-0.1, -0.05) is 34.6 Å². The Labute approximate surface area is 110 Å². The van der Waals surface area contributed by atoms with E-state index in [1.807, 2.05) is 18.2 Å². The van der Waals surface area contributed by atoms with E-state index >= 15 is 0 Å². The van der Waals surface area contributed by atoms with Crippen LogP contribution < -0.4 is 4.74 Å². The largest absolute Gasteiger partial charge is 0.493 e.